The summed E-state index contributed by atoms with van der Waals surface area (Å²) in [6.45, 7) is 4.82. The van der Waals surface area contributed by atoms with Crippen molar-refractivity contribution in [2.45, 2.75) is 13.3 Å². The maximum atomic E-state index is 12.8. The molecule has 2 aliphatic heterocycles. The molecular weight excluding hydrogens is 420 g/mol. The van der Waals surface area contributed by atoms with Gasteiger partial charge in [-0.05, 0) is 42.3 Å². The molecule has 0 atom stereocenters. The smallest absolute Gasteiger partial charge is 0.254 e. The Labute approximate surface area is 186 Å². The molecule has 1 saturated heterocycles. The van der Waals surface area contributed by atoms with Gasteiger partial charge in [0.25, 0.3) is 5.91 Å². The van der Waals surface area contributed by atoms with E-state index in [0.717, 1.165) is 11.1 Å². The average molecular weight is 445 g/mol. The quantitative estimate of drug-likeness (QED) is 0.725. The number of ether oxygens (including phenoxy) is 3. The van der Waals surface area contributed by atoms with Crippen molar-refractivity contribution in [1.29, 1.82) is 0 Å². The van der Waals surface area contributed by atoms with Crippen LogP contribution in [0.25, 0.3) is 0 Å². The summed E-state index contributed by atoms with van der Waals surface area (Å²) in [5, 5.41) is 0.448. The van der Waals surface area contributed by atoms with Crippen LogP contribution in [0, 0.1) is 6.92 Å². The maximum absolute atomic E-state index is 12.8. The molecule has 8 heteroatoms. The number of hydrogen-bond acceptors (Lipinski definition) is 5. The molecule has 0 aromatic heterocycles. The van der Waals surface area contributed by atoms with Crippen molar-refractivity contribution in [2.24, 2.45) is 0 Å². The highest BCUT2D eigenvalue weighted by Crippen LogP contribution is 2.38. The van der Waals surface area contributed by atoms with Gasteiger partial charge in [-0.2, -0.15) is 0 Å². The zero-order chi connectivity index (χ0) is 22.0. The highest BCUT2D eigenvalue weighted by molar-refractivity contribution is 6.32. The molecule has 7 nitrogen and oxygen atoms in total. The predicted octanol–water partition coefficient (Wildman–Crippen LogP) is 2.96. The molecule has 4 rings (SSSR count). The van der Waals surface area contributed by atoms with Gasteiger partial charge in [-0.1, -0.05) is 17.7 Å². The third-order valence-corrected chi connectivity index (χ3v) is 5.87. The van der Waals surface area contributed by atoms with E-state index in [1.165, 1.54) is 0 Å². The van der Waals surface area contributed by atoms with Gasteiger partial charge in [-0.3, -0.25) is 9.59 Å². The first-order valence-corrected chi connectivity index (χ1v) is 10.6. The molecule has 0 N–H and O–H groups in total. The Bertz CT molecular complexity index is 1000. The number of amides is 2. The fourth-order valence-electron chi connectivity index (χ4n) is 3.85. The van der Waals surface area contributed by atoms with Gasteiger partial charge in [0.15, 0.2) is 11.5 Å². The van der Waals surface area contributed by atoms with E-state index in [2.05, 4.69) is 0 Å². The van der Waals surface area contributed by atoms with E-state index in [9.17, 15) is 9.59 Å². The second kappa shape index (κ2) is 9.06. The van der Waals surface area contributed by atoms with Crippen LogP contribution >= 0.6 is 11.6 Å². The van der Waals surface area contributed by atoms with E-state index in [-0.39, 0.29) is 18.2 Å². The van der Waals surface area contributed by atoms with Gasteiger partial charge in [-0.25, -0.2) is 0 Å². The molecule has 0 aliphatic carbocycles. The number of methoxy groups -OCH3 is 1. The highest BCUT2D eigenvalue weighted by atomic mass is 35.5. The van der Waals surface area contributed by atoms with Crippen LogP contribution < -0.4 is 14.2 Å². The third-order valence-electron chi connectivity index (χ3n) is 5.59. The second-order valence-electron chi connectivity index (χ2n) is 7.64. The fourth-order valence-corrected chi connectivity index (χ4v) is 4.14. The lowest BCUT2D eigenvalue weighted by molar-refractivity contribution is -0.131. The molecule has 1 fully saturated rings. The number of carbonyl (C=O) groups excluding carboxylic acids is 2. The number of fused-ring (bicyclic) bond motifs is 1. The molecule has 2 aliphatic rings. The van der Waals surface area contributed by atoms with Gasteiger partial charge in [0.05, 0.1) is 18.6 Å². The van der Waals surface area contributed by atoms with Crippen molar-refractivity contribution in [3.05, 3.63) is 52.0 Å². The molecule has 2 amide bonds. The minimum Gasteiger partial charge on any atom is -0.496 e. The molecule has 0 spiro atoms. The molecule has 0 unspecified atom stereocenters. The van der Waals surface area contributed by atoms with Crippen molar-refractivity contribution < 1.29 is 23.8 Å². The average Bonchev–Trinajstić information content (AvgIpc) is 2.79. The van der Waals surface area contributed by atoms with Crippen molar-refractivity contribution >= 4 is 23.4 Å². The van der Waals surface area contributed by atoms with E-state index >= 15 is 0 Å². The highest BCUT2D eigenvalue weighted by Gasteiger charge is 2.26. The van der Waals surface area contributed by atoms with E-state index < -0.39 is 0 Å². The van der Waals surface area contributed by atoms with Crippen LogP contribution in [0.15, 0.2) is 30.3 Å². The lowest BCUT2D eigenvalue weighted by Gasteiger charge is -2.35. The van der Waals surface area contributed by atoms with Crippen LogP contribution in [0.3, 0.4) is 0 Å². The van der Waals surface area contributed by atoms with E-state index in [1.807, 2.05) is 25.1 Å². The number of aryl methyl sites for hydroxylation is 1. The SMILES string of the molecule is COc1cc(C(=O)N2CCN(C(=O)Cc3cc(Cl)c4c(c3)OCCO4)CC2)ccc1C. The molecule has 0 radical (unpaired) electrons. The Morgan fingerprint density at radius 1 is 1.03 bits per heavy atom. The van der Waals surface area contributed by atoms with Crippen LogP contribution in [0.4, 0.5) is 0 Å². The van der Waals surface area contributed by atoms with Crippen molar-refractivity contribution in [2.75, 3.05) is 46.5 Å². The summed E-state index contributed by atoms with van der Waals surface area (Å²) in [6, 6.07) is 9.01. The number of piperazine rings is 1. The van der Waals surface area contributed by atoms with E-state index in [4.69, 9.17) is 25.8 Å². The Kier molecular flexibility index (Phi) is 6.23. The molecule has 2 aromatic rings. The molecular formula is C23H25ClN2O5. The molecule has 2 heterocycles. The van der Waals surface area contributed by atoms with Crippen LogP contribution in [0.1, 0.15) is 21.5 Å². The zero-order valence-corrected chi connectivity index (χ0v) is 18.4. The summed E-state index contributed by atoms with van der Waals surface area (Å²) in [5.74, 6) is 1.74. The largest absolute Gasteiger partial charge is 0.496 e. The van der Waals surface area contributed by atoms with Gasteiger partial charge in [0.1, 0.15) is 19.0 Å². The molecule has 164 valence electrons. The Hall–Kier alpha value is -2.93. The summed E-state index contributed by atoms with van der Waals surface area (Å²) < 4.78 is 16.4. The summed E-state index contributed by atoms with van der Waals surface area (Å²) in [7, 11) is 1.59. The van der Waals surface area contributed by atoms with Crippen LogP contribution in [-0.2, 0) is 11.2 Å². The first-order chi connectivity index (χ1) is 15.0. The minimum atomic E-state index is -0.0518. The number of carbonyl (C=O) groups is 2. The third kappa shape index (κ3) is 4.56. The summed E-state index contributed by atoms with van der Waals surface area (Å²) in [4.78, 5) is 29.2. The van der Waals surface area contributed by atoms with Crippen LogP contribution in [0.5, 0.6) is 17.2 Å². The molecule has 2 aromatic carbocycles. The number of rotatable bonds is 4. The van der Waals surface area contributed by atoms with Crippen molar-refractivity contribution in [3.63, 3.8) is 0 Å². The lowest BCUT2D eigenvalue weighted by atomic mass is 10.1. The Morgan fingerprint density at radius 3 is 2.48 bits per heavy atom. The lowest BCUT2D eigenvalue weighted by Crippen LogP contribution is -2.51. The zero-order valence-electron chi connectivity index (χ0n) is 17.7. The maximum Gasteiger partial charge on any atom is 0.254 e. The summed E-state index contributed by atoms with van der Waals surface area (Å²) in [5.41, 5.74) is 2.35. The van der Waals surface area contributed by atoms with Gasteiger partial charge < -0.3 is 24.0 Å². The second-order valence-corrected chi connectivity index (χ2v) is 8.04. The number of benzene rings is 2. The Balaban J connectivity index is 1.36. The molecule has 0 saturated carbocycles. The standard InChI is InChI=1S/C23H25ClN2O5/c1-15-3-4-17(14-19(15)29-2)23(28)26-7-5-25(6-8-26)21(27)13-16-11-18(24)22-20(12-16)30-9-10-31-22/h3-4,11-12,14H,5-10,13H2,1-2H3. The number of nitrogens with zero attached hydrogens (tertiary/aromatic N) is 2. The van der Waals surface area contributed by atoms with E-state index in [0.29, 0.717) is 67.2 Å². The van der Waals surface area contributed by atoms with Gasteiger partial charge in [-0.15, -0.1) is 0 Å². The topological polar surface area (TPSA) is 68.3 Å². The first-order valence-electron chi connectivity index (χ1n) is 10.3. The minimum absolute atomic E-state index is 0.00292. The van der Waals surface area contributed by atoms with Crippen molar-refractivity contribution in [1.82, 2.24) is 9.80 Å². The Morgan fingerprint density at radius 2 is 1.74 bits per heavy atom. The normalized spacial score (nSPS) is 15.6. The van der Waals surface area contributed by atoms with Gasteiger partial charge in [0, 0.05) is 31.7 Å². The van der Waals surface area contributed by atoms with E-state index in [1.54, 1.807) is 29.0 Å². The predicted molar refractivity (Wildman–Crippen MR) is 116 cm³/mol. The molecule has 0 bridgehead atoms. The molecule has 31 heavy (non-hydrogen) atoms. The first kappa shape index (κ1) is 21.3. The fraction of sp³-hybridized carbons (Fsp3) is 0.391. The van der Waals surface area contributed by atoms with Crippen LogP contribution in [-0.4, -0.2) is 68.1 Å². The number of halogens is 1. The summed E-state index contributed by atoms with van der Waals surface area (Å²) >= 11 is 6.28. The van der Waals surface area contributed by atoms with Gasteiger partial charge >= 0.3 is 0 Å². The summed E-state index contributed by atoms with van der Waals surface area (Å²) in [6.07, 6.45) is 0.222. The monoisotopic (exact) mass is 444 g/mol. The number of hydrogen-bond donors (Lipinski definition) is 0. The van der Waals surface area contributed by atoms with Crippen molar-refractivity contribution in [3.8, 4) is 17.2 Å². The van der Waals surface area contributed by atoms with Gasteiger partial charge in [0.2, 0.25) is 5.91 Å². The van der Waals surface area contributed by atoms with Crippen LogP contribution in [0.2, 0.25) is 5.02 Å².